The van der Waals surface area contributed by atoms with Crippen LogP contribution in [0.3, 0.4) is 0 Å². The third-order valence-corrected chi connectivity index (χ3v) is 5.37. The summed E-state index contributed by atoms with van der Waals surface area (Å²) in [5.41, 5.74) is 0. The van der Waals surface area contributed by atoms with Gasteiger partial charge in [0.15, 0.2) is 0 Å². The standard InChI is InChI=1S/C16H26OS/c17-18(13-11-15-7-3-1-4-8-15)14-12-16-9-5-2-6-10-16/h15-16H,1-11,13H2. The van der Waals surface area contributed by atoms with Crippen molar-refractivity contribution in [1.82, 2.24) is 0 Å². The lowest BCUT2D eigenvalue weighted by Crippen LogP contribution is -2.10. The van der Waals surface area contributed by atoms with Crippen molar-refractivity contribution < 1.29 is 4.21 Å². The SMILES string of the molecule is O=S(C#CC1CCCCC1)CCC1CCCCC1. The second kappa shape index (κ2) is 8.00. The van der Waals surface area contributed by atoms with Gasteiger partial charge < -0.3 is 0 Å². The molecule has 0 N–H and O–H groups in total. The number of rotatable bonds is 3. The average Bonchev–Trinajstić information content (AvgIpc) is 2.45. The Morgan fingerprint density at radius 1 is 0.889 bits per heavy atom. The first-order chi connectivity index (χ1) is 8.84. The number of hydrogen-bond acceptors (Lipinski definition) is 1. The van der Waals surface area contributed by atoms with Crippen molar-refractivity contribution >= 4 is 10.8 Å². The summed E-state index contributed by atoms with van der Waals surface area (Å²) in [7, 11) is -0.884. The first-order valence-electron chi connectivity index (χ1n) is 7.74. The topological polar surface area (TPSA) is 17.1 Å². The van der Waals surface area contributed by atoms with Crippen molar-refractivity contribution in [2.75, 3.05) is 5.75 Å². The van der Waals surface area contributed by atoms with Crippen molar-refractivity contribution in [3.63, 3.8) is 0 Å². The van der Waals surface area contributed by atoms with Gasteiger partial charge in [-0.2, -0.15) is 0 Å². The molecule has 2 heteroatoms. The molecule has 0 amide bonds. The van der Waals surface area contributed by atoms with Crippen LogP contribution >= 0.6 is 0 Å². The Balaban J connectivity index is 1.66. The second-order valence-corrected chi connectivity index (χ2v) is 7.23. The summed E-state index contributed by atoms with van der Waals surface area (Å²) < 4.78 is 11.9. The van der Waals surface area contributed by atoms with Crippen molar-refractivity contribution in [3.8, 4) is 11.2 Å². The van der Waals surface area contributed by atoms with Crippen molar-refractivity contribution in [1.29, 1.82) is 0 Å². The highest BCUT2D eigenvalue weighted by Gasteiger charge is 2.14. The summed E-state index contributed by atoms with van der Waals surface area (Å²) in [5, 5.41) is 3.01. The van der Waals surface area contributed by atoms with E-state index >= 15 is 0 Å². The molecule has 0 aromatic heterocycles. The van der Waals surface area contributed by atoms with Gasteiger partial charge in [-0.05, 0) is 30.4 Å². The molecule has 1 nitrogen and oxygen atoms in total. The molecule has 0 aromatic carbocycles. The van der Waals surface area contributed by atoms with Crippen LogP contribution in [-0.2, 0) is 10.8 Å². The minimum absolute atomic E-state index is 0.539. The van der Waals surface area contributed by atoms with Crippen molar-refractivity contribution in [2.24, 2.45) is 11.8 Å². The molecule has 0 bridgehead atoms. The summed E-state index contributed by atoms with van der Waals surface area (Å²) in [6, 6.07) is 0. The van der Waals surface area contributed by atoms with E-state index in [-0.39, 0.29) is 0 Å². The third-order valence-electron chi connectivity index (χ3n) is 4.42. The Morgan fingerprint density at radius 3 is 2.17 bits per heavy atom. The van der Waals surface area contributed by atoms with Gasteiger partial charge in [-0.15, -0.1) is 0 Å². The van der Waals surface area contributed by atoms with Gasteiger partial charge in [0.1, 0.15) is 0 Å². The van der Waals surface area contributed by atoms with Gasteiger partial charge in [-0.25, -0.2) is 4.21 Å². The monoisotopic (exact) mass is 266 g/mol. The van der Waals surface area contributed by atoms with Crippen LogP contribution < -0.4 is 0 Å². The predicted molar refractivity (Wildman–Crippen MR) is 78.6 cm³/mol. The van der Waals surface area contributed by atoms with E-state index in [0.717, 1.165) is 18.1 Å². The van der Waals surface area contributed by atoms with Gasteiger partial charge in [0.25, 0.3) is 0 Å². The van der Waals surface area contributed by atoms with Crippen molar-refractivity contribution in [3.05, 3.63) is 0 Å². The molecule has 0 heterocycles. The molecule has 0 aromatic rings. The third kappa shape index (κ3) is 5.14. The highest BCUT2D eigenvalue weighted by atomic mass is 32.2. The van der Waals surface area contributed by atoms with E-state index in [4.69, 9.17) is 0 Å². The lowest BCUT2D eigenvalue weighted by atomic mass is 9.88. The Labute approximate surface area is 115 Å². The predicted octanol–water partition coefficient (Wildman–Crippen LogP) is 4.25. The van der Waals surface area contributed by atoms with E-state index in [1.165, 1.54) is 64.2 Å². The van der Waals surface area contributed by atoms with Gasteiger partial charge in [0.05, 0.1) is 10.8 Å². The fourth-order valence-electron chi connectivity index (χ4n) is 3.20. The fraction of sp³-hybridized carbons (Fsp3) is 0.875. The Kier molecular flexibility index (Phi) is 6.28. The smallest absolute Gasteiger partial charge is 0.0974 e. The maximum Gasteiger partial charge on any atom is 0.0974 e. The van der Waals surface area contributed by atoms with Gasteiger partial charge in [-0.3, -0.25) is 0 Å². The molecule has 2 fully saturated rings. The second-order valence-electron chi connectivity index (χ2n) is 5.92. The van der Waals surface area contributed by atoms with Gasteiger partial charge in [0.2, 0.25) is 0 Å². The molecule has 2 saturated carbocycles. The van der Waals surface area contributed by atoms with E-state index in [1.54, 1.807) is 0 Å². The van der Waals surface area contributed by atoms with E-state index in [0.29, 0.717) is 5.92 Å². The van der Waals surface area contributed by atoms with E-state index < -0.39 is 10.8 Å². The summed E-state index contributed by atoms with van der Waals surface area (Å²) in [6.45, 7) is 0. The summed E-state index contributed by atoms with van der Waals surface area (Å²) in [6.07, 6.45) is 14.5. The molecule has 102 valence electrons. The number of hydrogen-bond donors (Lipinski definition) is 0. The zero-order valence-corrected chi connectivity index (χ0v) is 12.3. The van der Waals surface area contributed by atoms with E-state index in [9.17, 15) is 4.21 Å². The maximum absolute atomic E-state index is 11.9. The van der Waals surface area contributed by atoms with Crippen LogP contribution in [0.1, 0.15) is 70.6 Å². The lowest BCUT2D eigenvalue weighted by Gasteiger charge is -2.20. The largest absolute Gasteiger partial charge is 0.246 e. The summed E-state index contributed by atoms with van der Waals surface area (Å²) >= 11 is 0. The van der Waals surface area contributed by atoms with Gasteiger partial charge in [-0.1, -0.05) is 57.3 Å². The van der Waals surface area contributed by atoms with Crippen LogP contribution in [0.5, 0.6) is 0 Å². The molecule has 0 saturated heterocycles. The van der Waals surface area contributed by atoms with Crippen molar-refractivity contribution in [2.45, 2.75) is 70.6 Å². The van der Waals surface area contributed by atoms with Gasteiger partial charge in [0, 0.05) is 11.7 Å². The Bertz CT molecular complexity index is 314. The highest BCUT2D eigenvalue weighted by molar-refractivity contribution is 7.89. The normalized spacial score (nSPS) is 24.2. The molecule has 0 spiro atoms. The molecule has 0 aliphatic heterocycles. The first-order valence-corrected chi connectivity index (χ1v) is 9.06. The molecule has 0 radical (unpaired) electrons. The van der Waals surface area contributed by atoms with Crippen LogP contribution in [0.2, 0.25) is 0 Å². The van der Waals surface area contributed by atoms with Crippen LogP contribution in [-0.4, -0.2) is 9.96 Å². The maximum atomic E-state index is 11.9. The summed E-state index contributed by atoms with van der Waals surface area (Å²) in [4.78, 5) is 0. The molecular weight excluding hydrogens is 240 g/mol. The van der Waals surface area contributed by atoms with Crippen LogP contribution in [0.4, 0.5) is 0 Å². The fourth-order valence-corrected chi connectivity index (χ4v) is 4.14. The first kappa shape index (κ1) is 14.1. The zero-order chi connectivity index (χ0) is 12.6. The molecular formula is C16H26OS. The molecule has 2 rings (SSSR count). The molecule has 2 aliphatic carbocycles. The molecule has 2 aliphatic rings. The summed E-state index contributed by atoms with van der Waals surface area (Å²) in [5.74, 6) is 5.44. The molecule has 1 atom stereocenters. The van der Waals surface area contributed by atoms with E-state index in [2.05, 4.69) is 11.2 Å². The highest BCUT2D eigenvalue weighted by Crippen LogP contribution is 2.26. The molecule has 1 unspecified atom stereocenters. The van der Waals surface area contributed by atoms with Crippen LogP contribution in [0.25, 0.3) is 0 Å². The minimum atomic E-state index is -0.884. The Morgan fingerprint density at radius 2 is 1.50 bits per heavy atom. The van der Waals surface area contributed by atoms with Crippen LogP contribution in [0.15, 0.2) is 0 Å². The zero-order valence-electron chi connectivity index (χ0n) is 11.5. The van der Waals surface area contributed by atoms with E-state index in [1.807, 2.05) is 0 Å². The quantitative estimate of drug-likeness (QED) is 0.698. The lowest BCUT2D eigenvalue weighted by molar-refractivity contribution is 0.351. The average molecular weight is 266 g/mol. The minimum Gasteiger partial charge on any atom is -0.246 e. The van der Waals surface area contributed by atoms with Crippen LogP contribution in [0, 0.1) is 23.0 Å². The molecule has 18 heavy (non-hydrogen) atoms. The Hall–Kier alpha value is -0.290. The van der Waals surface area contributed by atoms with Gasteiger partial charge >= 0.3 is 0 Å².